The van der Waals surface area contributed by atoms with E-state index in [2.05, 4.69) is 17.5 Å². The highest BCUT2D eigenvalue weighted by atomic mass is 32.1. The van der Waals surface area contributed by atoms with Gasteiger partial charge < -0.3 is 16.2 Å². The standard InChI is InChI=1S/C8H7N3O4S/c9-8(16)10-4-1-2-5(7(12)13)6(3-4)11(14)15/h1-3H,(H,12,13)(H3,9,10,16). The van der Waals surface area contributed by atoms with E-state index in [1.54, 1.807) is 0 Å². The Morgan fingerprint density at radius 2 is 2.19 bits per heavy atom. The van der Waals surface area contributed by atoms with E-state index < -0.39 is 22.1 Å². The molecule has 0 atom stereocenters. The van der Waals surface area contributed by atoms with Crippen molar-refractivity contribution in [2.24, 2.45) is 5.73 Å². The summed E-state index contributed by atoms with van der Waals surface area (Å²) < 4.78 is 0. The Morgan fingerprint density at radius 1 is 1.56 bits per heavy atom. The largest absolute Gasteiger partial charge is 0.477 e. The van der Waals surface area contributed by atoms with Crippen LogP contribution in [0.1, 0.15) is 10.4 Å². The summed E-state index contributed by atoms with van der Waals surface area (Å²) >= 11 is 4.55. The molecular formula is C8H7N3O4S. The first-order valence-electron chi connectivity index (χ1n) is 4.00. The van der Waals surface area contributed by atoms with Crippen LogP contribution in [0.4, 0.5) is 11.4 Å². The first kappa shape index (κ1) is 11.9. The zero-order chi connectivity index (χ0) is 12.3. The second-order valence-electron chi connectivity index (χ2n) is 2.78. The topological polar surface area (TPSA) is 118 Å². The molecule has 1 aromatic carbocycles. The number of carboxylic acids is 1. The number of nitro groups is 1. The second kappa shape index (κ2) is 4.53. The van der Waals surface area contributed by atoms with E-state index in [4.69, 9.17) is 10.8 Å². The van der Waals surface area contributed by atoms with Crippen LogP contribution in [0.25, 0.3) is 0 Å². The highest BCUT2D eigenvalue weighted by Crippen LogP contribution is 2.23. The molecule has 0 aromatic heterocycles. The first-order chi connectivity index (χ1) is 7.41. The summed E-state index contributed by atoms with van der Waals surface area (Å²) in [5.41, 5.74) is 4.54. The van der Waals surface area contributed by atoms with Crippen molar-refractivity contribution in [1.82, 2.24) is 0 Å². The van der Waals surface area contributed by atoms with Crippen LogP contribution in [0.5, 0.6) is 0 Å². The minimum Gasteiger partial charge on any atom is -0.477 e. The quantitative estimate of drug-likeness (QED) is 0.409. The Bertz CT molecular complexity index is 474. The van der Waals surface area contributed by atoms with Gasteiger partial charge in [-0.05, 0) is 24.4 Å². The molecule has 16 heavy (non-hydrogen) atoms. The molecular weight excluding hydrogens is 234 g/mol. The van der Waals surface area contributed by atoms with Gasteiger partial charge in [0.05, 0.1) is 4.92 Å². The van der Waals surface area contributed by atoms with E-state index in [1.807, 2.05) is 0 Å². The van der Waals surface area contributed by atoms with E-state index in [1.165, 1.54) is 6.07 Å². The van der Waals surface area contributed by atoms with Crippen molar-refractivity contribution in [3.8, 4) is 0 Å². The lowest BCUT2D eigenvalue weighted by Crippen LogP contribution is -2.19. The van der Waals surface area contributed by atoms with E-state index in [9.17, 15) is 14.9 Å². The molecule has 0 unspecified atom stereocenters. The number of benzene rings is 1. The van der Waals surface area contributed by atoms with Gasteiger partial charge in [0, 0.05) is 11.8 Å². The molecule has 0 spiro atoms. The Kier molecular flexibility index (Phi) is 3.36. The van der Waals surface area contributed by atoms with Gasteiger partial charge in [-0.15, -0.1) is 0 Å². The molecule has 1 rings (SSSR count). The molecule has 84 valence electrons. The Hall–Kier alpha value is -2.22. The molecule has 0 aliphatic heterocycles. The summed E-state index contributed by atoms with van der Waals surface area (Å²) in [6.07, 6.45) is 0. The highest BCUT2D eigenvalue weighted by Gasteiger charge is 2.19. The van der Waals surface area contributed by atoms with Gasteiger partial charge >= 0.3 is 5.97 Å². The minimum absolute atomic E-state index is 0.0580. The van der Waals surface area contributed by atoms with Crippen molar-refractivity contribution < 1.29 is 14.8 Å². The SMILES string of the molecule is NC(=S)Nc1ccc(C(=O)O)c([N+](=O)[O-])c1. The van der Waals surface area contributed by atoms with Gasteiger partial charge in [-0.1, -0.05) is 0 Å². The number of thiocarbonyl (C=S) groups is 1. The van der Waals surface area contributed by atoms with Gasteiger partial charge in [-0.2, -0.15) is 0 Å². The molecule has 4 N–H and O–H groups in total. The van der Waals surface area contributed by atoms with E-state index in [-0.39, 0.29) is 10.8 Å². The molecule has 1 aromatic rings. The highest BCUT2D eigenvalue weighted by molar-refractivity contribution is 7.80. The van der Waals surface area contributed by atoms with Crippen molar-refractivity contribution in [2.45, 2.75) is 0 Å². The first-order valence-corrected chi connectivity index (χ1v) is 4.41. The lowest BCUT2D eigenvalue weighted by Gasteiger charge is -2.04. The lowest BCUT2D eigenvalue weighted by molar-refractivity contribution is -0.385. The fraction of sp³-hybridized carbons (Fsp3) is 0. The van der Waals surface area contributed by atoms with Crippen LogP contribution < -0.4 is 11.1 Å². The summed E-state index contributed by atoms with van der Waals surface area (Å²) in [6.45, 7) is 0. The predicted octanol–water partition coefficient (Wildman–Crippen LogP) is 0.949. The van der Waals surface area contributed by atoms with Crippen LogP contribution in [0.3, 0.4) is 0 Å². The number of aromatic carboxylic acids is 1. The average Bonchev–Trinajstić information content (AvgIpc) is 2.16. The Balaban J connectivity index is 3.22. The number of carboxylic acid groups (broad SMARTS) is 1. The fourth-order valence-electron chi connectivity index (χ4n) is 1.08. The third-order valence-electron chi connectivity index (χ3n) is 1.69. The third-order valence-corrected chi connectivity index (χ3v) is 1.79. The maximum atomic E-state index is 10.7. The van der Waals surface area contributed by atoms with Gasteiger partial charge in [0.2, 0.25) is 0 Å². The van der Waals surface area contributed by atoms with Crippen LogP contribution in [0, 0.1) is 10.1 Å². The zero-order valence-electron chi connectivity index (χ0n) is 7.84. The maximum Gasteiger partial charge on any atom is 0.342 e. The smallest absolute Gasteiger partial charge is 0.342 e. The third kappa shape index (κ3) is 2.64. The second-order valence-corrected chi connectivity index (χ2v) is 3.22. The van der Waals surface area contributed by atoms with Gasteiger partial charge in [-0.25, -0.2) is 4.79 Å². The number of nitro benzene ring substituents is 1. The van der Waals surface area contributed by atoms with Crippen LogP contribution in [0.15, 0.2) is 18.2 Å². The van der Waals surface area contributed by atoms with Crippen LogP contribution >= 0.6 is 12.2 Å². The number of nitrogens with zero attached hydrogens (tertiary/aromatic N) is 1. The van der Waals surface area contributed by atoms with Crippen molar-refractivity contribution in [2.75, 3.05) is 5.32 Å². The lowest BCUT2D eigenvalue weighted by atomic mass is 10.1. The average molecular weight is 241 g/mol. The van der Waals surface area contributed by atoms with E-state index in [0.29, 0.717) is 0 Å². The number of nitrogens with two attached hydrogens (primary N) is 1. The predicted molar refractivity (Wildman–Crippen MR) is 60.5 cm³/mol. The molecule has 0 heterocycles. The van der Waals surface area contributed by atoms with Gasteiger partial charge in [0.25, 0.3) is 5.69 Å². The molecule has 0 saturated heterocycles. The van der Waals surface area contributed by atoms with Gasteiger partial charge in [0.1, 0.15) is 5.56 Å². The molecule has 0 radical (unpaired) electrons. The van der Waals surface area contributed by atoms with Crippen molar-refractivity contribution >= 4 is 34.7 Å². The summed E-state index contributed by atoms with van der Waals surface area (Å²) in [7, 11) is 0. The molecule has 0 aliphatic carbocycles. The van der Waals surface area contributed by atoms with Crippen molar-refractivity contribution in [3.63, 3.8) is 0 Å². The summed E-state index contributed by atoms with van der Waals surface area (Å²) in [6, 6.07) is 3.51. The van der Waals surface area contributed by atoms with E-state index >= 15 is 0 Å². The zero-order valence-corrected chi connectivity index (χ0v) is 8.65. The number of hydrogen-bond acceptors (Lipinski definition) is 4. The molecule has 0 saturated carbocycles. The summed E-state index contributed by atoms with van der Waals surface area (Å²) in [4.78, 5) is 20.5. The van der Waals surface area contributed by atoms with Gasteiger partial charge in [-0.3, -0.25) is 10.1 Å². The molecule has 0 aliphatic rings. The van der Waals surface area contributed by atoms with Crippen LogP contribution in [-0.4, -0.2) is 21.1 Å². The fourth-order valence-corrected chi connectivity index (χ4v) is 1.20. The number of anilines is 1. The molecule has 0 fully saturated rings. The van der Waals surface area contributed by atoms with Crippen LogP contribution in [0.2, 0.25) is 0 Å². The molecule has 8 heteroatoms. The normalized spacial score (nSPS) is 9.50. The Labute approximate surface area is 95.0 Å². The number of nitrogens with one attached hydrogen (secondary N) is 1. The summed E-state index contributed by atoms with van der Waals surface area (Å²) in [5.74, 6) is -1.37. The van der Waals surface area contributed by atoms with E-state index in [0.717, 1.165) is 12.1 Å². The maximum absolute atomic E-state index is 10.7. The van der Waals surface area contributed by atoms with Gasteiger partial charge in [0.15, 0.2) is 5.11 Å². The number of carbonyl (C=O) groups is 1. The monoisotopic (exact) mass is 241 g/mol. The molecule has 0 bridgehead atoms. The summed E-state index contributed by atoms with van der Waals surface area (Å²) in [5, 5.41) is 21.7. The van der Waals surface area contributed by atoms with Crippen molar-refractivity contribution in [3.05, 3.63) is 33.9 Å². The molecule has 0 amide bonds. The minimum atomic E-state index is -1.37. The van der Waals surface area contributed by atoms with Crippen LogP contribution in [-0.2, 0) is 0 Å². The number of rotatable bonds is 3. The van der Waals surface area contributed by atoms with Crippen molar-refractivity contribution in [1.29, 1.82) is 0 Å². The molecule has 7 nitrogen and oxygen atoms in total. The Morgan fingerprint density at radius 3 is 2.62 bits per heavy atom. The number of hydrogen-bond donors (Lipinski definition) is 3.